The van der Waals surface area contributed by atoms with Crippen LogP contribution in [0.1, 0.15) is 145 Å². The van der Waals surface area contributed by atoms with Crippen molar-refractivity contribution < 1.29 is 44.1 Å². The molecule has 0 saturated carbocycles. The van der Waals surface area contributed by atoms with Crippen LogP contribution < -0.4 is 9.30 Å². The maximum absolute atomic E-state index is 9.50. The second-order valence-electron chi connectivity index (χ2n) is 34.3. The number of rotatable bonds is 8. The standard InChI is InChI=1S/C104H92N4O.Pt/c1-100(2,3)82-42-43-105-98(62-82)108-94-37-23-22-34-92(94)93-41-40-88(64-97(93)108)109-89-61-81(60-87(63-89)106-65-107(96-39-25-24-38-95(96)106)99-90(66-28-18-16-19-29-66)35-27-36-91(99)67-30-20-17-21-31-67)72-46-70-45-71(47-72)76-51-80(59-86(55-76)104(13,14)15)78-49-74(53-84(57-78)102(7,8)9)69-33-26-32-68(44-69)73-48-77(56-83(52-73)101(4,5)6)79-50-75(70)54-85(58-79)103(10,11)12;/h16-62H,1-15H3;/q-2;/i16D,17D,18D,19D,20D,21D,28D,29D,30D,31D;. The van der Waals surface area contributed by atoms with Gasteiger partial charge in [0.05, 0.1) is 30.4 Å². The molecule has 110 heavy (non-hydrogen) atoms. The molecule has 0 aliphatic carbocycles. The second kappa shape index (κ2) is 27.7. The van der Waals surface area contributed by atoms with E-state index in [0.717, 1.165) is 120 Å². The van der Waals surface area contributed by atoms with E-state index in [-0.39, 0.29) is 76.1 Å². The maximum atomic E-state index is 9.50. The summed E-state index contributed by atoms with van der Waals surface area (Å²) in [6.45, 7) is 33.9. The minimum absolute atomic E-state index is 0. The van der Waals surface area contributed by atoms with Gasteiger partial charge in [0, 0.05) is 44.3 Å². The fourth-order valence-corrected chi connectivity index (χ4v) is 15.1. The molecule has 0 radical (unpaired) electrons. The van der Waals surface area contributed by atoms with Gasteiger partial charge in [0.1, 0.15) is 5.82 Å². The fraction of sp³-hybridized carbons (Fsp3) is 0.192. The third kappa shape index (κ3) is 14.0. The first-order valence-corrected chi connectivity index (χ1v) is 37.5. The topological polar surface area (TPSA) is 35.9 Å². The van der Waals surface area contributed by atoms with Gasteiger partial charge in [-0.3, -0.25) is 4.57 Å². The van der Waals surface area contributed by atoms with E-state index in [2.05, 4.69) is 279 Å². The van der Waals surface area contributed by atoms with Crippen molar-refractivity contribution in [3.8, 4) is 62.1 Å². The van der Waals surface area contributed by atoms with Crippen LogP contribution in [-0.4, -0.2) is 14.1 Å². The number of imidazole rings is 1. The summed E-state index contributed by atoms with van der Waals surface area (Å²) >= 11 is 0. The zero-order valence-corrected chi connectivity index (χ0v) is 67.1. The van der Waals surface area contributed by atoms with Gasteiger partial charge in [-0.05, 0) is 225 Å². The Morgan fingerprint density at radius 1 is 0.355 bits per heavy atom. The smallest absolute Gasteiger partial charge is 0.268 e. The summed E-state index contributed by atoms with van der Waals surface area (Å²) in [7, 11) is 0. The number of pyridine rings is 1. The molecule has 12 bridgehead atoms. The Labute approximate surface area is 675 Å². The number of para-hydroxylation sites is 4. The van der Waals surface area contributed by atoms with Crippen LogP contribution in [0.5, 0.6) is 11.5 Å². The largest absolute Gasteiger partial charge is 0.510 e. The van der Waals surface area contributed by atoms with Crippen molar-refractivity contribution in [1.82, 2.24) is 14.1 Å². The van der Waals surface area contributed by atoms with E-state index in [1.54, 1.807) is 22.8 Å². The molecule has 0 atom stereocenters. The van der Waals surface area contributed by atoms with Crippen molar-refractivity contribution in [3.63, 3.8) is 0 Å². The molecule has 17 rings (SSSR count). The van der Waals surface area contributed by atoms with Crippen LogP contribution in [0.3, 0.4) is 0 Å². The molecule has 6 heteroatoms. The molecule has 0 fully saturated rings. The van der Waals surface area contributed by atoms with Crippen molar-refractivity contribution in [2.45, 2.75) is 131 Å². The Morgan fingerprint density at radius 3 is 1.27 bits per heavy atom. The van der Waals surface area contributed by atoms with Gasteiger partial charge in [0.2, 0.25) is 0 Å². The van der Waals surface area contributed by atoms with Crippen LogP contribution >= 0.6 is 0 Å². The molecule has 3 heterocycles. The SMILES string of the molecule is [2H]c1c([2H])c([2H])c(-c2cccc(-c3c([2H])c([2H])c([2H])c([2H])c3[2H])c2-[n+]2[c-]n(-c3[c-]c(Oc4[c-]c5c(cc4)c4ccccc4n5-c4cc(C(C)(C)C)ccn4)cc(-c4cc5cc(c4)c4cc(C(C)(C)C)cc(c4)c4cc(C(C)(C)C)cc(c4)c4cccc(c4)c4cc(C(C)(C)C)cc(c4)c4cc(C(C)(C)C)cc5c4)c3)c3ccccc32)c([2H])c1[2H].[Pt]. The molecule has 0 aliphatic rings. The molecule has 0 unspecified atom stereocenters. The molecule has 0 N–H and O–H groups in total. The van der Waals surface area contributed by atoms with Gasteiger partial charge in [0.15, 0.2) is 0 Å². The quantitative estimate of drug-likeness (QED) is 0.112. The average molecular weight is 1620 g/mol. The van der Waals surface area contributed by atoms with Crippen LogP contribution in [0.4, 0.5) is 0 Å². The third-order valence-corrected chi connectivity index (χ3v) is 21.4. The Morgan fingerprint density at radius 2 is 0.782 bits per heavy atom. The molecule has 0 spiro atoms. The van der Waals surface area contributed by atoms with Gasteiger partial charge in [-0.25, -0.2) is 4.98 Å². The number of aromatic nitrogens is 4. The molecule has 5 nitrogen and oxygen atoms in total. The van der Waals surface area contributed by atoms with E-state index in [1.165, 1.54) is 11.1 Å². The molecule has 0 amide bonds. The van der Waals surface area contributed by atoms with E-state index < -0.39 is 60.4 Å². The monoisotopic (exact) mass is 1620 g/mol. The van der Waals surface area contributed by atoms with Gasteiger partial charge in [-0.15, -0.1) is 35.2 Å². The minimum atomic E-state index is -0.592. The summed E-state index contributed by atoms with van der Waals surface area (Å²) in [5, 5.41) is 14.7. The molecule has 0 saturated heterocycles. The zero-order valence-electron chi connectivity index (χ0n) is 74.9. The van der Waals surface area contributed by atoms with Crippen LogP contribution in [0.25, 0.3) is 148 Å². The maximum Gasteiger partial charge on any atom is 0.268 e. The average Bonchev–Trinajstić information content (AvgIpc) is 1.45. The van der Waals surface area contributed by atoms with Gasteiger partial charge in [0.25, 0.3) is 6.33 Å². The summed E-state index contributed by atoms with van der Waals surface area (Å²) in [4.78, 5) is 5.01. The molecule has 17 aromatic rings. The van der Waals surface area contributed by atoms with Crippen LogP contribution in [0.15, 0.2) is 285 Å². The number of nitrogens with zero attached hydrogens (tertiary/aromatic N) is 4. The van der Waals surface area contributed by atoms with Gasteiger partial charge >= 0.3 is 0 Å². The summed E-state index contributed by atoms with van der Waals surface area (Å²) in [6.07, 6.45) is 5.53. The summed E-state index contributed by atoms with van der Waals surface area (Å²) in [6, 6.07) is 79.1. The van der Waals surface area contributed by atoms with E-state index in [4.69, 9.17) is 17.9 Å². The first-order valence-electron chi connectivity index (χ1n) is 42.5. The normalized spacial score (nSPS) is 13.7. The first-order chi connectivity index (χ1) is 56.2. The van der Waals surface area contributed by atoms with E-state index in [1.807, 2.05) is 59.3 Å². The number of ether oxygens (including phenoxy) is 1. The predicted molar refractivity (Wildman–Crippen MR) is 461 cm³/mol. The van der Waals surface area contributed by atoms with Crippen LogP contribution in [0.2, 0.25) is 0 Å². The predicted octanol–water partition coefficient (Wildman–Crippen LogP) is 27.7. The summed E-state index contributed by atoms with van der Waals surface area (Å²) < 4.78 is 104. The minimum Gasteiger partial charge on any atom is -0.510 e. The van der Waals surface area contributed by atoms with Crippen molar-refractivity contribution in [2.24, 2.45) is 0 Å². The Kier molecular flexibility index (Phi) is 15.5. The Balaban J connectivity index is 0.0000107. The van der Waals surface area contributed by atoms with Crippen molar-refractivity contribution in [1.29, 1.82) is 0 Å². The number of hydrogen-bond acceptors (Lipinski definition) is 2. The fourth-order valence-electron chi connectivity index (χ4n) is 15.1. The summed E-state index contributed by atoms with van der Waals surface area (Å²) in [5.41, 5.74) is 9.42. The van der Waals surface area contributed by atoms with E-state index >= 15 is 0 Å². The molecule has 546 valence electrons. The van der Waals surface area contributed by atoms with Crippen molar-refractivity contribution >= 4 is 97.5 Å². The van der Waals surface area contributed by atoms with E-state index in [0.29, 0.717) is 28.2 Å². The number of hydrogen-bond donors (Lipinski definition) is 0. The van der Waals surface area contributed by atoms with Crippen molar-refractivity contribution in [2.75, 3.05) is 0 Å². The third-order valence-electron chi connectivity index (χ3n) is 21.4. The van der Waals surface area contributed by atoms with Crippen LogP contribution in [-0.2, 0) is 48.1 Å². The second-order valence-corrected chi connectivity index (χ2v) is 34.3. The van der Waals surface area contributed by atoms with Gasteiger partial charge in [-0.1, -0.05) is 297 Å². The molecular formula is C104H92N4OPt-2. The summed E-state index contributed by atoms with van der Waals surface area (Å²) in [5.74, 6) is 1.42. The zero-order chi connectivity index (χ0) is 84.3. The number of benzene rings is 13. The van der Waals surface area contributed by atoms with Crippen molar-refractivity contribution in [3.05, 3.63) is 331 Å². The van der Waals surface area contributed by atoms with Gasteiger partial charge in [-0.2, -0.15) is 12.1 Å². The Hall–Kier alpha value is -11.2. The number of fused-ring (bicyclic) bond motifs is 22. The van der Waals surface area contributed by atoms with E-state index in [9.17, 15) is 5.48 Å². The first kappa shape index (κ1) is 61.6. The van der Waals surface area contributed by atoms with Crippen LogP contribution in [0, 0.1) is 18.5 Å². The molecule has 0 aliphatic heterocycles. The van der Waals surface area contributed by atoms with Gasteiger partial charge < -0.3 is 13.9 Å². The molecule has 3 aromatic heterocycles. The molecular weight excluding hydrogens is 1520 g/mol. The molecule has 14 aromatic carbocycles. The Bertz CT molecular complexity index is 6980.